The molecule has 0 radical (unpaired) electrons. The molecule has 9 nitrogen and oxygen atoms in total. The van der Waals surface area contributed by atoms with E-state index in [0.717, 1.165) is 16.9 Å². The minimum Gasteiger partial charge on any atom is -0.496 e. The SMILES string of the molecule is COc1ccc(S(=O)(=O)Nc2ccc(Nc3ccc(-n4ccc(C)n4)nn3)cc2)cc1C. The smallest absolute Gasteiger partial charge is 0.261 e. The van der Waals surface area contributed by atoms with Crippen molar-refractivity contribution >= 4 is 27.2 Å². The minimum atomic E-state index is -3.72. The van der Waals surface area contributed by atoms with Crippen molar-refractivity contribution in [1.29, 1.82) is 0 Å². The fourth-order valence-electron chi connectivity index (χ4n) is 3.06. The van der Waals surface area contributed by atoms with E-state index >= 15 is 0 Å². The van der Waals surface area contributed by atoms with Gasteiger partial charge in [0.1, 0.15) is 5.75 Å². The van der Waals surface area contributed by atoms with E-state index in [4.69, 9.17) is 4.74 Å². The Morgan fingerprint density at radius 2 is 1.66 bits per heavy atom. The summed E-state index contributed by atoms with van der Waals surface area (Å²) < 4.78 is 34.8. The molecule has 0 aliphatic heterocycles. The first-order valence-corrected chi connectivity index (χ1v) is 11.2. The molecule has 0 fully saturated rings. The van der Waals surface area contributed by atoms with Crippen molar-refractivity contribution in [1.82, 2.24) is 20.0 Å². The fourth-order valence-corrected chi connectivity index (χ4v) is 4.20. The molecule has 0 saturated carbocycles. The molecule has 2 aromatic carbocycles. The molecule has 0 unspecified atom stereocenters. The number of hydrogen-bond acceptors (Lipinski definition) is 7. The number of ether oxygens (including phenoxy) is 1. The highest BCUT2D eigenvalue weighted by atomic mass is 32.2. The second kappa shape index (κ2) is 8.67. The van der Waals surface area contributed by atoms with E-state index in [0.29, 0.717) is 23.1 Å². The maximum Gasteiger partial charge on any atom is 0.261 e. The summed E-state index contributed by atoms with van der Waals surface area (Å²) in [6, 6.07) is 17.1. The van der Waals surface area contributed by atoms with E-state index in [1.165, 1.54) is 6.07 Å². The lowest BCUT2D eigenvalue weighted by molar-refractivity contribution is 0.411. The number of hydrogen-bond donors (Lipinski definition) is 2. The number of benzene rings is 2. The lowest BCUT2D eigenvalue weighted by atomic mass is 10.2. The number of nitrogens with zero attached hydrogens (tertiary/aromatic N) is 4. The summed E-state index contributed by atoms with van der Waals surface area (Å²) in [7, 11) is -2.17. The van der Waals surface area contributed by atoms with Crippen molar-refractivity contribution in [3.8, 4) is 11.6 Å². The van der Waals surface area contributed by atoms with Crippen LogP contribution in [-0.4, -0.2) is 35.5 Å². The van der Waals surface area contributed by atoms with Crippen LogP contribution in [-0.2, 0) is 10.0 Å². The van der Waals surface area contributed by atoms with Gasteiger partial charge in [-0.3, -0.25) is 4.72 Å². The van der Waals surface area contributed by atoms with Gasteiger partial charge in [-0.1, -0.05) is 0 Å². The Kier molecular flexibility index (Phi) is 5.78. The number of rotatable bonds is 7. The van der Waals surface area contributed by atoms with Gasteiger partial charge in [-0.15, -0.1) is 10.2 Å². The minimum absolute atomic E-state index is 0.167. The number of methoxy groups -OCH3 is 1. The summed E-state index contributed by atoms with van der Waals surface area (Å²) in [6.07, 6.45) is 1.82. The average molecular weight is 451 g/mol. The number of sulfonamides is 1. The van der Waals surface area contributed by atoms with Crippen LogP contribution in [0.2, 0.25) is 0 Å². The van der Waals surface area contributed by atoms with Crippen molar-refractivity contribution in [3.05, 3.63) is 78.1 Å². The molecule has 2 N–H and O–H groups in total. The molecule has 0 amide bonds. The van der Waals surface area contributed by atoms with Gasteiger partial charge in [-0.05, 0) is 80.1 Å². The maximum atomic E-state index is 12.7. The van der Waals surface area contributed by atoms with Crippen molar-refractivity contribution < 1.29 is 13.2 Å². The van der Waals surface area contributed by atoms with E-state index in [1.54, 1.807) is 67.2 Å². The third-order valence-corrected chi connectivity index (χ3v) is 6.07. The molecule has 2 aromatic heterocycles. The van der Waals surface area contributed by atoms with Crippen LogP contribution in [0.3, 0.4) is 0 Å². The molecule has 0 bridgehead atoms. The Morgan fingerprint density at radius 3 is 2.25 bits per heavy atom. The quantitative estimate of drug-likeness (QED) is 0.440. The topological polar surface area (TPSA) is 111 Å². The normalized spacial score (nSPS) is 11.2. The zero-order valence-electron chi connectivity index (χ0n) is 17.8. The summed E-state index contributed by atoms with van der Waals surface area (Å²) in [5.74, 6) is 1.80. The number of anilines is 3. The average Bonchev–Trinajstić information content (AvgIpc) is 3.21. The predicted molar refractivity (Wildman–Crippen MR) is 122 cm³/mol. The number of aryl methyl sites for hydroxylation is 2. The molecule has 0 aliphatic rings. The Bertz CT molecular complexity index is 1330. The lowest BCUT2D eigenvalue weighted by Gasteiger charge is -2.11. The van der Waals surface area contributed by atoms with Crippen LogP contribution in [0, 0.1) is 13.8 Å². The van der Waals surface area contributed by atoms with Crippen LogP contribution in [0.1, 0.15) is 11.3 Å². The largest absolute Gasteiger partial charge is 0.496 e. The molecule has 0 spiro atoms. The summed E-state index contributed by atoms with van der Waals surface area (Å²) in [4.78, 5) is 0.167. The van der Waals surface area contributed by atoms with E-state index in [1.807, 2.05) is 19.2 Å². The van der Waals surface area contributed by atoms with Gasteiger partial charge in [-0.2, -0.15) is 5.10 Å². The zero-order chi connectivity index (χ0) is 22.7. The Hall–Kier alpha value is -3.92. The molecule has 4 rings (SSSR count). The van der Waals surface area contributed by atoms with Gasteiger partial charge in [0.25, 0.3) is 10.0 Å². The molecule has 32 heavy (non-hydrogen) atoms. The van der Waals surface area contributed by atoms with Crippen LogP contribution in [0.4, 0.5) is 17.2 Å². The molecule has 0 aliphatic carbocycles. The first-order valence-electron chi connectivity index (χ1n) is 9.75. The summed E-state index contributed by atoms with van der Waals surface area (Å²) in [5.41, 5.74) is 2.82. The highest BCUT2D eigenvalue weighted by Gasteiger charge is 2.15. The Labute approximate surface area is 186 Å². The second-order valence-electron chi connectivity index (χ2n) is 7.12. The molecule has 2 heterocycles. The van der Waals surface area contributed by atoms with Crippen molar-refractivity contribution in [2.75, 3.05) is 17.1 Å². The van der Waals surface area contributed by atoms with Gasteiger partial charge in [-0.25, -0.2) is 13.1 Å². The predicted octanol–water partition coefficient (Wildman–Crippen LogP) is 3.83. The van der Waals surface area contributed by atoms with Gasteiger partial charge >= 0.3 is 0 Å². The molecule has 0 atom stereocenters. The Morgan fingerprint density at radius 1 is 0.906 bits per heavy atom. The first-order chi connectivity index (χ1) is 15.3. The molecule has 164 valence electrons. The zero-order valence-corrected chi connectivity index (χ0v) is 18.6. The van der Waals surface area contributed by atoms with Crippen LogP contribution in [0.15, 0.2) is 71.8 Å². The standard InChI is InChI=1S/C22H22N6O3S/c1-15-14-19(8-9-20(15)31-3)32(29,30)27-18-6-4-17(5-7-18)23-21-10-11-22(25-24-21)28-13-12-16(2)26-28/h4-14,27H,1-3H3,(H,23,24). The van der Waals surface area contributed by atoms with Gasteiger partial charge < -0.3 is 10.1 Å². The van der Waals surface area contributed by atoms with E-state index in [-0.39, 0.29) is 4.90 Å². The fraction of sp³-hybridized carbons (Fsp3) is 0.136. The molecule has 4 aromatic rings. The third kappa shape index (κ3) is 4.70. The van der Waals surface area contributed by atoms with Crippen LogP contribution in [0.25, 0.3) is 5.82 Å². The van der Waals surface area contributed by atoms with E-state index in [9.17, 15) is 8.42 Å². The Balaban J connectivity index is 1.43. The van der Waals surface area contributed by atoms with Gasteiger partial charge in [0.2, 0.25) is 0 Å². The highest BCUT2D eigenvalue weighted by Crippen LogP contribution is 2.24. The molecular weight excluding hydrogens is 428 g/mol. The van der Waals surface area contributed by atoms with Crippen molar-refractivity contribution in [3.63, 3.8) is 0 Å². The van der Waals surface area contributed by atoms with Crippen molar-refractivity contribution in [2.24, 2.45) is 0 Å². The van der Waals surface area contributed by atoms with E-state index < -0.39 is 10.0 Å². The first kappa shape index (κ1) is 21.3. The molecule has 10 heteroatoms. The van der Waals surface area contributed by atoms with Crippen molar-refractivity contribution in [2.45, 2.75) is 18.7 Å². The maximum absolute atomic E-state index is 12.7. The van der Waals surface area contributed by atoms with E-state index in [2.05, 4.69) is 25.3 Å². The number of nitrogens with one attached hydrogen (secondary N) is 2. The number of aromatic nitrogens is 4. The van der Waals surface area contributed by atoms with Crippen LogP contribution < -0.4 is 14.8 Å². The van der Waals surface area contributed by atoms with Crippen LogP contribution >= 0.6 is 0 Å². The monoisotopic (exact) mass is 450 g/mol. The third-order valence-electron chi connectivity index (χ3n) is 4.69. The van der Waals surface area contributed by atoms with Gasteiger partial charge in [0.15, 0.2) is 11.6 Å². The molecule has 0 saturated heterocycles. The summed E-state index contributed by atoms with van der Waals surface area (Å²) >= 11 is 0. The second-order valence-corrected chi connectivity index (χ2v) is 8.80. The van der Waals surface area contributed by atoms with Gasteiger partial charge in [0.05, 0.1) is 17.7 Å². The van der Waals surface area contributed by atoms with Gasteiger partial charge in [0, 0.05) is 17.6 Å². The summed E-state index contributed by atoms with van der Waals surface area (Å²) in [6.45, 7) is 3.70. The highest BCUT2D eigenvalue weighted by molar-refractivity contribution is 7.92. The molecular formula is C22H22N6O3S. The summed E-state index contributed by atoms with van der Waals surface area (Å²) in [5, 5.41) is 15.8. The van der Waals surface area contributed by atoms with Crippen LogP contribution in [0.5, 0.6) is 5.75 Å². The lowest BCUT2D eigenvalue weighted by Crippen LogP contribution is -2.13.